The maximum Gasteiger partial charge on any atom is 0.187 e. The Balaban J connectivity index is 0.000000226. The Morgan fingerprint density at radius 3 is 0.949 bits per heavy atom. The molecule has 0 heterocycles. The van der Waals surface area contributed by atoms with E-state index in [0.717, 1.165) is 25.7 Å². The van der Waals surface area contributed by atoms with Crippen LogP contribution in [0.5, 0.6) is 0 Å². The van der Waals surface area contributed by atoms with Crippen LogP contribution in [-0.2, 0) is 25.7 Å². The molecule has 0 aliphatic rings. The van der Waals surface area contributed by atoms with E-state index in [-0.39, 0.29) is 0 Å². The van der Waals surface area contributed by atoms with Gasteiger partial charge in [-0.3, -0.25) is 0 Å². The van der Waals surface area contributed by atoms with Gasteiger partial charge >= 0.3 is 0 Å². The van der Waals surface area contributed by atoms with Crippen molar-refractivity contribution in [3.8, 4) is 56.6 Å². The van der Waals surface area contributed by atoms with Crippen molar-refractivity contribution in [1.29, 1.82) is 10.5 Å². The molecule has 4 heteroatoms. The Hall–Kier alpha value is -8.28. The van der Waals surface area contributed by atoms with Gasteiger partial charge in [-0.15, -0.1) is 0 Å². The molecule has 0 atom stereocenters. The summed E-state index contributed by atoms with van der Waals surface area (Å²) in [5.41, 5.74) is 23.5. The van der Waals surface area contributed by atoms with E-state index in [2.05, 4.69) is 122 Å². The number of aryl methyl sites for hydroxylation is 8. The lowest BCUT2D eigenvalue weighted by molar-refractivity contribution is 0.578. The van der Waals surface area contributed by atoms with E-state index in [1.54, 1.807) is 0 Å². The lowest BCUT2D eigenvalue weighted by Crippen LogP contribution is -1.92. The number of benzene rings is 8. The SMILES string of the molecule is [C-]#[N+]c1ccc(-c2ccc(CCCCCCCCCc3ccc(-c4ccc(C#N)cc4)c(C)c3)cc2C)cc1.[C-]#[N+]c1ccc(-c2ccc(CCCCCCCCCc3ccc(-c4ccc(C#N)cc4)cc3C)c(C)c2)cc1. The summed E-state index contributed by atoms with van der Waals surface area (Å²) in [6.07, 6.45) is 22.8. The first-order chi connectivity index (χ1) is 38.1. The maximum absolute atomic E-state index is 9.01. The summed E-state index contributed by atoms with van der Waals surface area (Å²) < 4.78 is 0. The molecule has 4 nitrogen and oxygen atoms in total. The Morgan fingerprint density at radius 2 is 0.615 bits per heavy atom. The highest BCUT2D eigenvalue weighted by Crippen LogP contribution is 2.30. The fourth-order valence-electron chi connectivity index (χ4n) is 10.7. The summed E-state index contributed by atoms with van der Waals surface area (Å²) in [5, 5.41) is 18.0. The van der Waals surface area contributed by atoms with Crippen molar-refractivity contribution < 1.29 is 0 Å². The standard InChI is InChI=1S/2C37H38N2/c1-28-25-30(15-23-36(28)33-17-13-32(27-38)14-18-33)11-9-7-5-4-6-8-10-12-31-16-24-37(29(2)26-31)34-19-21-35(39-3)22-20-34;1-28-25-35(33-15-13-30(27-38)14-16-33)19-17-31(28)11-9-7-5-4-6-8-10-12-32-18-20-36(26-29(32)2)34-21-23-37(39-3)24-22-34/h2*13-26H,4-12H2,1-2H3. The molecule has 0 aromatic heterocycles. The number of nitrogens with zero attached hydrogens (tertiary/aromatic N) is 4. The van der Waals surface area contributed by atoms with Crippen LogP contribution in [0.15, 0.2) is 170 Å². The highest BCUT2D eigenvalue weighted by Gasteiger charge is 2.09. The fraction of sp³-hybridized carbons (Fsp3) is 0.297. The van der Waals surface area contributed by atoms with E-state index in [0.29, 0.717) is 22.5 Å². The molecule has 8 aromatic rings. The molecule has 0 aliphatic heterocycles. The predicted octanol–water partition coefficient (Wildman–Crippen LogP) is 21.2. The molecule has 8 aromatic carbocycles. The zero-order valence-electron chi connectivity index (χ0n) is 46.7. The highest BCUT2D eigenvalue weighted by atomic mass is 14.6. The molecule has 0 spiro atoms. The molecule has 0 bridgehead atoms. The number of hydrogen-bond donors (Lipinski definition) is 0. The predicted molar refractivity (Wildman–Crippen MR) is 328 cm³/mol. The number of nitriles is 2. The molecule has 0 unspecified atom stereocenters. The van der Waals surface area contributed by atoms with Gasteiger partial charge in [0.1, 0.15) is 0 Å². The Bertz CT molecular complexity index is 3130. The van der Waals surface area contributed by atoms with Crippen molar-refractivity contribution in [3.63, 3.8) is 0 Å². The summed E-state index contributed by atoms with van der Waals surface area (Å²) in [7, 11) is 0. The van der Waals surface area contributed by atoms with Crippen LogP contribution in [0.1, 0.15) is 146 Å². The lowest BCUT2D eigenvalue weighted by Gasteiger charge is -2.10. The maximum atomic E-state index is 9.01. The summed E-state index contributed by atoms with van der Waals surface area (Å²) in [6, 6.07) is 63.0. The summed E-state index contributed by atoms with van der Waals surface area (Å²) in [5.74, 6) is 0. The highest BCUT2D eigenvalue weighted by molar-refractivity contribution is 5.71. The first-order valence-electron chi connectivity index (χ1n) is 28.5. The van der Waals surface area contributed by atoms with Gasteiger partial charge in [0.2, 0.25) is 0 Å². The monoisotopic (exact) mass is 1020 g/mol. The second-order valence-electron chi connectivity index (χ2n) is 21.2. The van der Waals surface area contributed by atoms with Gasteiger partial charge in [0, 0.05) is 0 Å². The van der Waals surface area contributed by atoms with Crippen LogP contribution in [0.4, 0.5) is 11.4 Å². The van der Waals surface area contributed by atoms with Crippen LogP contribution in [-0.4, -0.2) is 0 Å². The minimum atomic E-state index is 0.689. The second-order valence-corrected chi connectivity index (χ2v) is 21.2. The summed E-state index contributed by atoms with van der Waals surface area (Å²) >= 11 is 0. The van der Waals surface area contributed by atoms with Crippen LogP contribution < -0.4 is 0 Å². The van der Waals surface area contributed by atoms with E-state index in [9.17, 15) is 0 Å². The zero-order valence-corrected chi connectivity index (χ0v) is 46.7. The summed E-state index contributed by atoms with van der Waals surface area (Å²) in [6.45, 7) is 23.0. The molecule has 0 aliphatic carbocycles. The van der Waals surface area contributed by atoms with Gasteiger partial charge in [0.15, 0.2) is 11.4 Å². The third-order valence-corrected chi connectivity index (χ3v) is 15.4. The third-order valence-electron chi connectivity index (χ3n) is 15.4. The summed E-state index contributed by atoms with van der Waals surface area (Å²) in [4.78, 5) is 6.97. The quantitative estimate of drug-likeness (QED) is 0.0447. The normalized spacial score (nSPS) is 10.7. The first kappa shape index (κ1) is 57.4. The second kappa shape index (κ2) is 30.5. The van der Waals surface area contributed by atoms with Gasteiger partial charge in [-0.05, 0) is 192 Å². The zero-order chi connectivity index (χ0) is 54.9. The molecular formula is C74H76N4. The van der Waals surface area contributed by atoms with Crippen LogP contribution in [0.25, 0.3) is 54.2 Å². The van der Waals surface area contributed by atoms with E-state index in [4.69, 9.17) is 23.7 Å². The molecule has 0 saturated carbocycles. The van der Waals surface area contributed by atoms with Gasteiger partial charge in [0.25, 0.3) is 0 Å². The van der Waals surface area contributed by atoms with Gasteiger partial charge in [-0.25, -0.2) is 9.69 Å². The van der Waals surface area contributed by atoms with Crippen molar-refractivity contribution in [2.45, 2.75) is 143 Å². The Labute approximate surface area is 467 Å². The van der Waals surface area contributed by atoms with E-state index >= 15 is 0 Å². The van der Waals surface area contributed by atoms with E-state index < -0.39 is 0 Å². The smallest absolute Gasteiger partial charge is 0.187 e. The van der Waals surface area contributed by atoms with E-state index in [1.807, 2.05) is 97.1 Å². The van der Waals surface area contributed by atoms with Crippen LogP contribution in [0.2, 0.25) is 0 Å². The van der Waals surface area contributed by atoms with Gasteiger partial charge in [0.05, 0.1) is 36.4 Å². The average molecular weight is 1020 g/mol. The van der Waals surface area contributed by atoms with Crippen molar-refractivity contribution in [3.05, 3.63) is 248 Å². The average Bonchev–Trinajstić information content (AvgIpc) is 3.49. The largest absolute Gasteiger partial charge is 0.238 e. The number of unbranched alkanes of at least 4 members (excludes halogenated alkanes) is 12. The molecule has 0 N–H and O–H groups in total. The minimum Gasteiger partial charge on any atom is -0.238 e. The molecular weight excluding hydrogens is 945 g/mol. The van der Waals surface area contributed by atoms with Crippen molar-refractivity contribution in [1.82, 2.24) is 0 Å². The van der Waals surface area contributed by atoms with Gasteiger partial charge in [-0.1, -0.05) is 210 Å². The van der Waals surface area contributed by atoms with Crippen molar-refractivity contribution >= 4 is 11.4 Å². The Morgan fingerprint density at radius 1 is 0.308 bits per heavy atom. The Kier molecular flexibility index (Phi) is 22.4. The topological polar surface area (TPSA) is 56.3 Å². The fourth-order valence-corrected chi connectivity index (χ4v) is 10.7. The number of hydrogen-bond acceptors (Lipinski definition) is 2. The van der Waals surface area contributed by atoms with Gasteiger partial charge < -0.3 is 0 Å². The van der Waals surface area contributed by atoms with Gasteiger partial charge in [-0.2, -0.15) is 10.5 Å². The molecule has 392 valence electrons. The molecule has 0 amide bonds. The molecule has 8 rings (SSSR count). The van der Waals surface area contributed by atoms with Crippen LogP contribution >= 0.6 is 0 Å². The first-order valence-corrected chi connectivity index (χ1v) is 28.5. The van der Waals surface area contributed by atoms with Crippen LogP contribution in [0.3, 0.4) is 0 Å². The minimum absolute atomic E-state index is 0.689. The lowest BCUT2D eigenvalue weighted by atomic mass is 9.95. The van der Waals surface area contributed by atoms with Crippen molar-refractivity contribution in [2.75, 3.05) is 0 Å². The van der Waals surface area contributed by atoms with Crippen molar-refractivity contribution in [2.24, 2.45) is 0 Å². The third kappa shape index (κ3) is 17.4. The number of rotatable bonds is 24. The molecule has 0 radical (unpaired) electrons. The molecule has 0 fully saturated rings. The van der Waals surface area contributed by atoms with E-state index in [1.165, 1.54) is 179 Å². The van der Waals surface area contributed by atoms with Crippen LogP contribution in [0, 0.1) is 63.5 Å². The molecule has 78 heavy (non-hydrogen) atoms. The molecule has 0 saturated heterocycles.